The molecule has 0 heterocycles. The normalized spacial score (nSPS) is 10.7. The second kappa shape index (κ2) is 10.8. The van der Waals surface area contributed by atoms with Crippen LogP contribution in [0, 0.1) is 23.0 Å². The molecule has 0 aliphatic heterocycles. The zero-order valence-corrected chi connectivity index (χ0v) is 18.9. The summed E-state index contributed by atoms with van der Waals surface area (Å²) in [7, 11) is 0. The number of hydrogen-bond acceptors (Lipinski definition) is 2. The highest BCUT2D eigenvalue weighted by Crippen LogP contribution is 2.25. The summed E-state index contributed by atoms with van der Waals surface area (Å²) in [5.74, 6) is 0.0571. The molecule has 4 aromatic rings. The van der Waals surface area contributed by atoms with Gasteiger partial charge >= 0.3 is 0 Å². The maximum Gasteiger partial charge on any atom is 0.141 e. The minimum absolute atomic E-state index is 0.0194. The second-order valence-electron chi connectivity index (χ2n) is 8.26. The van der Waals surface area contributed by atoms with Gasteiger partial charge < -0.3 is 4.74 Å². The average Bonchev–Trinajstić information content (AvgIpc) is 2.86. The third kappa shape index (κ3) is 5.50. The second-order valence-corrected chi connectivity index (χ2v) is 8.26. The first-order valence-electron chi connectivity index (χ1n) is 11.3. The van der Waals surface area contributed by atoms with Gasteiger partial charge in [-0.05, 0) is 77.6 Å². The molecule has 0 atom stereocenters. The van der Waals surface area contributed by atoms with Gasteiger partial charge in [-0.3, -0.25) is 0 Å². The Balaban J connectivity index is 1.41. The number of rotatable bonds is 9. The van der Waals surface area contributed by atoms with Crippen molar-refractivity contribution in [2.45, 2.75) is 25.7 Å². The van der Waals surface area contributed by atoms with Crippen LogP contribution in [0.15, 0.2) is 85.5 Å². The molecule has 0 fully saturated rings. The van der Waals surface area contributed by atoms with Crippen molar-refractivity contribution < 1.29 is 13.5 Å². The molecule has 0 bridgehead atoms. The van der Waals surface area contributed by atoms with E-state index >= 15 is 4.39 Å². The summed E-state index contributed by atoms with van der Waals surface area (Å²) in [6, 6.07) is 24.0. The first-order valence-corrected chi connectivity index (χ1v) is 11.3. The fourth-order valence-corrected chi connectivity index (χ4v) is 4.02. The number of nitriles is 1. The lowest BCUT2D eigenvalue weighted by Gasteiger charge is -2.10. The predicted octanol–water partition coefficient (Wildman–Crippen LogP) is 7.12. The molecule has 0 amide bonds. The number of nitrogens with zero attached hydrogens (tertiary/aromatic N) is 1. The van der Waals surface area contributed by atoms with E-state index in [0.717, 1.165) is 35.1 Å². The van der Waals surface area contributed by atoms with Crippen molar-refractivity contribution in [2.24, 2.45) is 0 Å². The molecule has 34 heavy (non-hydrogen) atoms. The van der Waals surface area contributed by atoms with Crippen molar-refractivity contribution >= 4 is 10.8 Å². The highest BCUT2D eigenvalue weighted by molar-refractivity contribution is 5.84. The Hall–Kier alpha value is -3.97. The molecular formula is C30H25F2NO. The van der Waals surface area contributed by atoms with Crippen molar-refractivity contribution in [2.75, 3.05) is 6.61 Å². The van der Waals surface area contributed by atoms with Crippen LogP contribution in [0.2, 0.25) is 0 Å². The van der Waals surface area contributed by atoms with Crippen LogP contribution in [0.1, 0.15) is 27.8 Å². The van der Waals surface area contributed by atoms with Crippen LogP contribution in [0.5, 0.6) is 5.75 Å². The molecule has 4 aromatic carbocycles. The summed E-state index contributed by atoms with van der Waals surface area (Å²) >= 11 is 0. The van der Waals surface area contributed by atoms with Gasteiger partial charge in [0, 0.05) is 5.39 Å². The molecule has 0 aliphatic carbocycles. The molecule has 4 heteroatoms. The molecule has 0 aliphatic rings. The van der Waals surface area contributed by atoms with E-state index in [1.807, 2.05) is 48.5 Å². The largest absolute Gasteiger partial charge is 0.490 e. The van der Waals surface area contributed by atoms with E-state index in [1.54, 1.807) is 12.1 Å². The van der Waals surface area contributed by atoms with E-state index in [9.17, 15) is 4.39 Å². The van der Waals surface area contributed by atoms with Gasteiger partial charge in [-0.15, -0.1) is 0 Å². The summed E-state index contributed by atoms with van der Waals surface area (Å²) < 4.78 is 34.5. The Morgan fingerprint density at radius 3 is 2.21 bits per heavy atom. The Kier molecular flexibility index (Phi) is 7.34. The van der Waals surface area contributed by atoms with Crippen LogP contribution < -0.4 is 4.74 Å². The van der Waals surface area contributed by atoms with Crippen LogP contribution in [0.3, 0.4) is 0 Å². The van der Waals surface area contributed by atoms with Crippen molar-refractivity contribution in [3.8, 4) is 11.8 Å². The Labute approximate surface area is 198 Å². The number of ether oxygens (including phenoxy) is 1. The van der Waals surface area contributed by atoms with E-state index in [1.165, 1.54) is 17.7 Å². The van der Waals surface area contributed by atoms with Crippen molar-refractivity contribution in [3.63, 3.8) is 0 Å². The lowest BCUT2D eigenvalue weighted by atomic mass is 9.97. The summed E-state index contributed by atoms with van der Waals surface area (Å²) in [5, 5.41) is 10.3. The van der Waals surface area contributed by atoms with E-state index in [4.69, 9.17) is 10.00 Å². The van der Waals surface area contributed by atoms with E-state index in [2.05, 4.69) is 18.7 Å². The van der Waals surface area contributed by atoms with Crippen LogP contribution >= 0.6 is 0 Å². The van der Waals surface area contributed by atoms with Gasteiger partial charge in [0.2, 0.25) is 0 Å². The number of hydrogen-bond donors (Lipinski definition) is 0. The molecule has 0 N–H and O–H groups in total. The molecule has 0 spiro atoms. The number of aryl methyl sites for hydroxylation is 4. The van der Waals surface area contributed by atoms with E-state index < -0.39 is 5.82 Å². The fraction of sp³-hybridized carbons (Fsp3) is 0.167. The molecule has 0 saturated carbocycles. The number of benzene rings is 4. The molecule has 0 saturated heterocycles. The van der Waals surface area contributed by atoms with Gasteiger partial charge in [0.15, 0.2) is 0 Å². The zero-order valence-electron chi connectivity index (χ0n) is 18.9. The quantitative estimate of drug-likeness (QED) is 0.253. The molecular weight excluding hydrogens is 428 g/mol. The average molecular weight is 454 g/mol. The van der Waals surface area contributed by atoms with E-state index in [-0.39, 0.29) is 11.4 Å². The molecule has 2 nitrogen and oxygen atoms in total. The van der Waals surface area contributed by atoms with Crippen LogP contribution in [0.4, 0.5) is 8.78 Å². The van der Waals surface area contributed by atoms with Crippen LogP contribution in [-0.4, -0.2) is 6.61 Å². The topological polar surface area (TPSA) is 33.0 Å². The zero-order chi connectivity index (χ0) is 23.9. The van der Waals surface area contributed by atoms with Gasteiger partial charge in [-0.2, -0.15) is 5.26 Å². The van der Waals surface area contributed by atoms with Crippen molar-refractivity contribution in [3.05, 3.63) is 125 Å². The van der Waals surface area contributed by atoms with Gasteiger partial charge in [-0.25, -0.2) is 8.78 Å². The van der Waals surface area contributed by atoms with E-state index in [0.29, 0.717) is 30.4 Å². The van der Waals surface area contributed by atoms with Crippen LogP contribution in [0.25, 0.3) is 10.8 Å². The number of halogens is 2. The highest BCUT2D eigenvalue weighted by Gasteiger charge is 2.10. The minimum Gasteiger partial charge on any atom is -0.490 e. The van der Waals surface area contributed by atoms with Gasteiger partial charge in [-0.1, -0.05) is 61.2 Å². The Bertz CT molecular complexity index is 1350. The summed E-state index contributed by atoms with van der Waals surface area (Å²) in [6.07, 6.45) is 4.42. The maximum atomic E-state index is 15.1. The summed E-state index contributed by atoms with van der Waals surface area (Å²) in [6.45, 7) is 4.14. The van der Waals surface area contributed by atoms with Gasteiger partial charge in [0.1, 0.15) is 30.1 Å². The minimum atomic E-state index is -0.538. The first kappa shape index (κ1) is 23.2. The van der Waals surface area contributed by atoms with Gasteiger partial charge in [0.05, 0.1) is 5.56 Å². The van der Waals surface area contributed by atoms with Gasteiger partial charge in [0.25, 0.3) is 0 Å². The monoisotopic (exact) mass is 453 g/mol. The first-order chi connectivity index (χ1) is 16.6. The van der Waals surface area contributed by atoms with Crippen molar-refractivity contribution in [1.82, 2.24) is 0 Å². The van der Waals surface area contributed by atoms with Crippen molar-refractivity contribution in [1.29, 1.82) is 5.26 Å². The fourth-order valence-electron chi connectivity index (χ4n) is 4.02. The molecule has 4 rings (SSSR count). The lowest BCUT2D eigenvalue weighted by Crippen LogP contribution is -1.98. The molecule has 0 aromatic heterocycles. The third-order valence-electron chi connectivity index (χ3n) is 5.93. The summed E-state index contributed by atoms with van der Waals surface area (Å²) in [4.78, 5) is 0. The third-order valence-corrected chi connectivity index (χ3v) is 5.93. The Morgan fingerprint density at radius 1 is 0.794 bits per heavy atom. The highest BCUT2D eigenvalue weighted by atomic mass is 19.1. The number of fused-ring (bicyclic) bond motifs is 1. The molecule has 0 radical (unpaired) electrons. The molecule has 0 unspecified atom stereocenters. The maximum absolute atomic E-state index is 15.1. The summed E-state index contributed by atoms with van der Waals surface area (Å²) in [5.41, 5.74) is 3.73. The smallest absolute Gasteiger partial charge is 0.141 e. The molecule has 170 valence electrons. The predicted molar refractivity (Wildman–Crippen MR) is 132 cm³/mol. The standard InChI is InChI=1S/C30H25F2NO/c1-2-17-34-27-14-7-21(8-15-27)3-4-22-9-16-28-25(18-22)13-12-24(30(28)32)10-5-23-6-11-26(20-33)29(31)19-23/h2,6-9,11-16,18-19H,1,3-5,10,17H2. The van der Waals surface area contributed by atoms with Crippen LogP contribution in [-0.2, 0) is 25.7 Å². The lowest BCUT2D eigenvalue weighted by molar-refractivity contribution is 0.363. The SMILES string of the molecule is C=CCOc1ccc(CCc2ccc3c(F)c(CCc4ccc(C#N)c(F)c4)ccc3c2)cc1. The Morgan fingerprint density at radius 2 is 1.47 bits per heavy atom.